The van der Waals surface area contributed by atoms with E-state index in [1.807, 2.05) is 22.9 Å². The highest BCUT2D eigenvalue weighted by Crippen LogP contribution is 2.43. The van der Waals surface area contributed by atoms with Gasteiger partial charge < -0.3 is 0 Å². The van der Waals surface area contributed by atoms with Crippen molar-refractivity contribution >= 4 is 11.0 Å². The molecule has 3 heteroatoms. The van der Waals surface area contributed by atoms with Crippen LogP contribution in [-0.4, -0.2) is 15.0 Å². The number of fused-ring (bicyclic) bond motifs is 1. The first-order valence-corrected chi connectivity index (χ1v) is 6.74. The molecule has 94 valence electrons. The average Bonchev–Trinajstić information content (AvgIpc) is 3.19. The van der Waals surface area contributed by atoms with Crippen molar-refractivity contribution in [1.29, 1.82) is 0 Å². The van der Waals surface area contributed by atoms with Crippen LogP contribution in [0.15, 0.2) is 42.5 Å². The van der Waals surface area contributed by atoms with E-state index >= 15 is 0 Å². The van der Waals surface area contributed by atoms with E-state index in [9.17, 15) is 0 Å². The van der Waals surface area contributed by atoms with E-state index in [-0.39, 0.29) is 0 Å². The Morgan fingerprint density at radius 2 is 1.95 bits per heavy atom. The molecule has 1 aliphatic rings. The zero-order valence-corrected chi connectivity index (χ0v) is 10.9. The minimum Gasteiger partial charge on any atom is -0.213 e. The number of rotatable bonds is 2. The maximum atomic E-state index is 4.33. The van der Waals surface area contributed by atoms with Crippen molar-refractivity contribution in [3.63, 3.8) is 0 Å². The molecule has 1 aliphatic carbocycles. The molecule has 1 fully saturated rings. The Kier molecular flexibility index (Phi) is 2.21. The second kappa shape index (κ2) is 3.92. The second-order valence-electron chi connectivity index (χ2n) is 5.33. The van der Waals surface area contributed by atoms with Gasteiger partial charge in [-0.05, 0) is 49.4 Å². The predicted octanol–water partition coefficient (Wildman–Crippen LogP) is 3.61. The van der Waals surface area contributed by atoms with E-state index in [0.717, 1.165) is 11.0 Å². The van der Waals surface area contributed by atoms with Gasteiger partial charge in [-0.15, -0.1) is 5.10 Å². The monoisotopic (exact) mass is 249 g/mol. The van der Waals surface area contributed by atoms with Crippen molar-refractivity contribution in [3.8, 4) is 5.69 Å². The lowest BCUT2D eigenvalue weighted by Gasteiger charge is -2.10. The zero-order chi connectivity index (χ0) is 12.8. The molecule has 3 nitrogen and oxygen atoms in total. The topological polar surface area (TPSA) is 30.7 Å². The molecule has 0 aliphatic heterocycles. The van der Waals surface area contributed by atoms with E-state index in [0.29, 0.717) is 5.92 Å². The third-order valence-electron chi connectivity index (χ3n) is 3.78. The van der Waals surface area contributed by atoms with Crippen LogP contribution in [0.3, 0.4) is 0 Å². The maximum Gasteiger partial charge on any atom is 0.113 e. The molecule has 1 aromatic heterocycles. The van der Waals surface area contributed by atoms with Gasteiger partial charge in [0, 0.05) is 0 Å². The highest BCUT2D eigenvalue weighted by molar-refractivity contribution is 5.76. The van der Waals surface area contributed by atoms with Crippen LogP contribution in [-0.2, 0) is 0 Å². The summed E-state index contributed by atoms with van der Waals surface area (Å²) in [5.74, 6) is 0.706. The quantitative estimate of drug-likeness (QED) is 0.694. The Morgan fingerprint density at radius 3 is 2.79 bits per heavy atom. The average molecular weight is 249 g/mol. The number of para-hydroxylation sites is 1. The molecule has 1 heterocycles. The number of aryl methyl sites for hydroxylation is 1. The largest absolute Gasteiger partial charge is 0.213 e. The van der Waals surface area contributed by atoms with Gasteiger partial charge in [-0.3, -0.25) is 0 Å². The lowest BCUT2D eigenvalue weighted by Crippen LogP contribution is -2.01. The molecule has 0 saturated heterocycles. The van der Waals surface area contributed by atoms with Crippen molar-refractivity contribution < 1.29 is 0 Å². The SMILES string of the molecule is Cc1ccc(-n2nnc3ccccc32)c(C2CC2)c1. The summed E-state index contributed by atoms with van der Waals surface area (Å²) in [6.45, 7) is 2.15. The van der Waals surface area contributed by atoms with Gasteiger partial charge in [0.2, 0.25) is 0 Å². The Hall–Kier alpha value is -2.16. The molecular formula is C16H15N3. The van der Waals surface area contributed by atoms with E-state index in [4.69, 9.17) is 0 Å². The van der Waals surface area contributed by atoms with Crippen LogP contribution in [0.5, 0.6) is 0 Å². The van der Waals surface area contributed by atoms with Gasteiger partial charge in [0.15, 0.2) is 0 Å². The first-order chi connectivity index (χ1) is 9.33. The minimum absolute atomic E-state index is 0.706. The molecule has 19 heavy (non-hydrogen) atoms. The molecule has 3 aromatic rings. The van der Waals surface area contributed by atoms with Gasteiger partial charge in [0.25, 0.3) is 0 Å². The summed E-state index contributed by atoms with van der Waals surface area (Å²) in [6, 6.07) is 14.7. The highest BCUT2D eigenvalue weighted by atomic mass is 15.4. The van der Waals surface area contributed by atoms with Gasteiger partial charge in [0.1, 0.15) is 5.52 Å². The number of benzene rings is 2. The van der Waals surface area contributed by atoms with Crippen LogP contribution in [0.2, 0.25) is 0 Å². The van der Waals surface area contributed by atoms with Gasteiger partial charge in [-0.25, -0.2) is 4.68 Å². The number of hydrogen-bond donors (Lipinski definition) is 0. The lowest BCUT2D eigenvalue weighted by molar-refractivity contribution is 0.812. The maximum absolute atomic E-state index is 4.33. The molecule has 0 spiro atoms. The molecule has 0 atom stereocenters. The Bertz CT molecular complexity index is 754. The standard InChI is InChI=1S/C16H15N3/c1-11-6-9-15(13(10-11)12-7-8-12)19-16-5-3-2-4-14(16)17-18-19/h2-6,9-10,12H,7-8H2,1H3. The summed E-state index contributed by atoms with van der Waals surface area (Å²) in [7, 11) is 0. The lowest BCUT2D eigenvalue weighted by atomic mass is 10.1. The summed E-state index contributed by atoms with van der Waals surface area (Å²) in [6.07, 6.45) is 2.59. The molecular weight excluding hydrogens is 234 g/mol. The Balaban J connectivity index is 1.97. The fourth-order valence-corrected chi connectivity index (χ4v) is 2.64. The van der Waals surface area contributed by atoms with Crippen LogP contribution in [0.4, 0.5) is 0 Å². The number of aromatic nitrogens is 3. The molecule has 0 radical (unpaired) electrons. The van der Waals surface area contributed by atoms with E-state index in [1.165, 1.54) is 29.7 Å². The van der Waals surface area contributed by atoms with Gasteiger partial charge in [-0.1, -0.05) is 35.0 Å². The molecule has 0 unspecified atom stereocenters. The van der Waals surface area contributed by atoms with Crippen LogP contribution in [0.1, 0.15) is 29.9 Å². The number of hydrogen-bond acceptors (Lipinski definition) is 2. The van der Waals surface area contributed by atoms with Crippen molar-refractivity contribution in [3.05, 3.63) is 53.6 Å². The molecule has 4 rings (SSSR count). The van der Waals surface area contributed by atoms with Crippen LogP contribution < -0.4 is 0 Å². The third kappa shape index (κ3) is 1.73. The predicted molar refractivity (Wildman–Crippen MR) is 75.6 cm³/mol. The van der Waals surface area contributed by atoms with Gasteiger partial charge in [0.05, 0.1) is 11.2 Å². The van der Waals surface area contributed by atoms with Crippen molar-refractivity contribution in [2.45, 2.75) is 25.7 Å². The summed E-state index contributed by atoms with van der Waals surface area (Å²) < 4.78 is 1.97. The van der Waals surface area contributed by atoms with E-state index in [1.54, 1.807) is 0 Å². The third-order valence-corrected chi connectivity index (χ3v) is 3.78. The smallest absolute Gasteiger partial charge is 0.113 e. The summed E-state index contributed by atoms with van der Waals surface area (Å²) in [5, 5.41) is 8.58. The van der Waals surface area contributed by atoms with Gasteiger partial charge >= 0.3 is 0 Å². The van der Waals surface area contributed by atoms with Crippen LogP contribution >= 0.6 is 0 Å². The van der Waals surface area contributed by atoms with Crippen LogP contribution in [0.25, 0.3) is 16.7 Å². The second-order valence-corrected chi connectivity index (χ2v) is 5.33. The number of nitrogens with zero attached hydrogens (tertiary/aromatic N) is 3. The fourth-order valence-electron chi connectivity index (χ4n) is 2.64. The normalized spacial score (nSPS) is 15.0. The van der Waals surface area contributed by atoms with E-state index in [2.05, 4.69) is 41.5 Å². The van der Waals surface area contributed by atoms with E-state index < -0.39 is 0 Å². The van der Waals surface area contributed by atoms with Crippen LogP contribution in [0, 0.1) is 6.92 Å². The van der Waals surface area contributed by atoms with Gasteiger partial charge in [-0.2, -0.15) is 0 Å². The fraction of sp³-hybridized carbons (Fsp3) is 0.250. The van der Waals surface area contributed by atoms with Crippen molar-refractivity contribution in [1.82, 2.24) is 15.0 Å². The highest BCUT2D eigenvalue weighted by Gasteiger charge is 2.27. The molecule has 0 N–H and O–H groups in total. The molecule has 0 bridgehead atoms. The Labute approximate surface area is 111 Å². The summed E-state index contributed by atoms with van der Waals surface area (Å²) in [4.78, 5) is 0. The molecule has 0 amide bonds. The molecule has 1 saturated carbocycles. The molecule has 2 aromatic carbocycles. The summed E-state index contributed by atoms with van der Waals surface area (Å²) >= 11 is 0. The first kappa shape index (κ1) is 10.7. The van der Waals surface area contributed by atoms with Crippen molar-refractivity contribution in [2.75, 3.05) is 0 Å². The summed E-state index contributed by atoms with van der Waals surface area (Å²) in [5.41, 5.74) is 5.94. The minimum atomic E-state index is 0.706. The zero-order valence-electron chi connectivity index (χ0n) is 10.9. The first-order valence-electron chi connectivity index (χ1n) is 6.74. The Morgan fingerprint density at radius 1 is 1.11 bits per heavy atom. The van der Waals surface area contributed by atoms with Crippen molar-refractivity contribution in [2.24, 2.45) is 0 Å².